The molecule has 0 fully saturated rings. The van der Waals surface area contributed by atoms with Crippen LogP contribution in [0.25, 0.3) is 0 Å². The lowest BCUT2D eigenvalue weighted by molar-refractivity contribution is -0.123. The van der Waals surface area contributed by atoms with Gasteiger partial charge in [0.2, 0.25) is 0 Å². The maximum absolute atomic E-state index is 11.7. The Morgan fingerprint density at radius 2 is 1.77 bits per heavy atom. The highest BCUT2D eigenvalue weighted by Crippen LogP contribution is 2.15. The summed E-state index contributed by atoms with van der Waals surface area (Å²) in [5.41, 5.74) is 5.35. The van der Waals surface area contributed by atoms with Crippen molar-refractivity contribution in [2.24, 2.45) is 5.10 Å². The molecule has 2 aromatic rings. The minimum atomic E-state index is -0.318. The van der Waals surface area contributed by atoms with E-state index >= 15 is 0 Å². The number of hydrazone groups is 1. The molecule has 0 saturated heterocycles. The summed E-state index contributed by atoms with van der Waals surface area (Å²) in [5, 5.41) is 4.69. The molecule has 0 unspecified atom stereocenters. The van der Waals surface area contributed by atoms with Crippen molar-refractivity contribution in [2.45, 2.75) is 13.8 Å². The molecule has 1 amide bonds. The second kappa shape index (κ2) is 7.61. The van der Waals surface area contributed by atoms with E-state index in [1.165, 1.54) is 5.56 Å². The second-order valence-corrected chi connectivity index (χ2v) is 5.28. The number of hydrogen-bond donors (Lipinski definition) is 1. The van der Waals surface area contributed by atoms with Crippen LogP contribution in [-0.2, 0) is 4.79 Å². The fourth-order valence-corrected chi connectivity index (χ4v) is 1.84. The van der Waals surface area contributed by atoms with Crippen LogP contribution in [0, 0.1) is 6.92 Å². The van der Waals surface area contributed by atoms with E-state index in [0.29, 0.717) is 10.8 Å². The number of amides is 1. The number of nitrogens with one attached hydrogen (secondary N) is 1. The van der Waals surface area contributed by atoms with Gasteiger partial charge < -0.3 is 4.74 Å². The Bertz CT molecular complexity index is 664. The predicted molar refractivity (Wildman–Crippen MR) is 88.5 cm³/mol. The van der Waals surface area contributed by atoms with Crippen molar-refractivity contribution >= 4 is 23.2 Å². The highest BCUT2D eigenvalue weighted by atomic mass is 35.5. The van der Waals surface area contributed by atoms with E-state index in [9.17, 15) is 4.79 Å². The molecule has 0 spiro atoms. The number of ether oxygens (including phenoxy) is 1. The van der Waals surface area contributed by atoms with Crippen LogP contribution < -0.4 is 10.2 Å². The van der Waals surface area contributed by atoms with Crippen LogP contribution in [-0.4, -0.2) is 18.2 Å². The van der Waals surface area contributed by atoms with Crippen LogP contribution in [0.1, 0.15) is 18.1 Å². The van der Waals surface area contributed by atoms with Crippen LogP contribution in [0.5, 0.6) is 5.75 Å². The Labute approximate surface area is 134 Å². The Kier molecular flexibility index (Phi) is 5.55. The van der Waals surface area contributed by atoms with E-state index in [-0.39, 0.29) is 12.5 Å². The molecule has 0 atom stereocenters. The molecule has 2 rings (SSSR count). The van der Waals surface area contributed by atoms with Gasteiger partial charge in [-0.2, -0.15) is 5.10 Å². The summed E-state index contributed by atoms with van der Waals surface area (Å²) in [6.45, 7) is 3.75. The lowest BCUT2D eigenvalue weighted by Gasteiger charge is -2.06. The number of carbonyl (C=O) groups is 1. The Balaban J connectivity index is 1.85. The van der Waals surface area contributed by atoms with Gasteiger partial charge in [0.15, 0.2) is 6.61 Å². The van der Waals surface area contributed by atoms with Gasteiger partial charge in [0.05, 0.1) is 5.71 Å². The zero-order valence-electron chi connectivity index (χ0n) is 12.5. The van der Waals surface area contributed by atoms with Gasteiger partial charge in [0, 0.05) is 5.02 Å². The smallest absolute Gasteiger partial charge is 0.277 e. The summed E-state index contributed by atoms with van der Waals surface area (Å²) >= 11 is 5.77. The Hall–Kier alpha value is -2.33. The first-order chi connectivity index (χ1) is 10.5. The lowest BCUT2D eigenvalue weighted by atomic mass is 10.1. The van der Waals surface area contributed by atoms with Gasteiger partial charge in [0.25, 0.3) is 5.91 Å². The molecular weight excluding hydrogens is 300 g/mol. The Morgan fingerprint density at radius 1 is 1.14 bits per heavy atom. The third kappa shape index (κ3) is 4.90. The van der Waals surface area contributed by atoms with E-state index in [2.05, 4.69) is 10.5 Å². The molecule has 22 heavy (non-hydrogen) atoms. The van der Waals surface area contributed by atoms with Crippen LogP contribution in [0.4, 0.5) is 0 Å². The van der Waals surface area contributed by atoms with Gasteiger partial charge in [-0.3, -0.25) is 4.79 Å². The zero-order chi connectivity index (χ0) is 15.9. The van der Waals surface area contributed by atoms with Gasteiger partial charge in [-0.25, -0.2) is 5.43 Å². The average Bonchev–Trinajstić information content (AvgIpc) is 2.52. The summed E-state index contributed by atoms with van der Waals surface area (Å²) in [5.74, 6) is 0.264. The summed E-state index contributed by atoms with van der Waals surface area (Å²) in [7, 11) is 0. The van der Waals surface area contributed by atoms with Crippen molar-refractivity contribution in [1.82, 2.24) is 5.43 Å². The molecule has 0 saturated carbocycles. The second-order valence-electron chi connectivity index (χ2n) is 4.84. The van der Waals surface area contributed by atoms with Gasteiger partial charge in [-0.05, 0) is 43.7 Å². The topological polar surface area (TPSA) is 50.7 Å². The maximum atomic E-state index is 11.7. The number of hydrogen-bond acceptors (Lipinski definition) is 3. The minimum Gasteiger partial charge on any atom is -0.484 e. The van der Waals surface area contributed by atoms with Crippen LogP contribution >= 0.6 is 11.6 Å². The summed E-state index contributed by atoms with van der Waals surface area (Å²) in [4.78, 5) is 11.7. The summed E-state index contributed by atoms with van der Waals surface area (Å²) < 4.78 is 5.34. The van der Waals surface area contributed by atoms with Crippen LogP contribution in [0.15, 0.2) is 53.6 Å². The number of rotatable bonds is 5. The van der Waals surface area contributed by atoms with Gasteiger partial charge in [0.1, 0.15) is 5.75 Å². The fraction of sp³-hybridized carbons (Fsp3) is 0.176. The molecular formula is C17H17ClN2O2. The first kappa shape index (κ1) is 16.0. The van der Waals surface area contributed by atoms with Gasteiger partial charge >= 0.3 is 0 Å². The lowest BCUT2D eigenvalue weighted by Crippen LogP contribution is -2.25. The van der Waals surface area contributed by atoms with Crippen molar-refractivity contribution in [3.63, 3.8) is 0 Å². The number of aryl methyl sites for hydroxylation is 1. The van der Waals surface area contributed by atoms with Crippen LogP contribution in [0.3, 0.4) is 0 Å². The quantitative estimate of drug-likeness (QED) is 0.677. The molecule has 4 nitrogen and oxygen atoms in total. The van der Waals surface area contributed by atoms with E-state index in [1.807, 2.05) is 38.1 Å². The van der Waals surface area contributed by atoms with E-state index in [4.69, 9.17) is 16.3 Å². The predicted octanol–water partition coefficient (Wildman–Crippen LogP) is 3.57. The van der Waals surface area contributed by atoms with Crippen molar-refractivity contribution in [3.8, 4) is 5.75 Å². The first-order valence-electron chi connectivity index (χ1n) is 6.83. The number of nitrogens with zero attached hydrogens (tertiary/aromatic N) is 1. The van der Waals surface area contributed by atoms with Gasteiger partial charge in [-0.15, -0.1) is 0 Å². The highest BCUT2D eigenvalue weighted by Gasteiger charge is 2.03. The number of halogens is 1. The molecule has 0 bridgehead atoms. The highest BCUT2D eigenvalue weighted by molar-refractivity contribution is 6.30. The average molecular weight is 317 g/mol. The third-order valence-corrected chi connectivity index (χ3v) is 3.25. The first-order valence-corrected chi connectivity index (χ1v) is 7.21. The van der Waals surface area contributed by atoms with E-state index in [0.717, 1.165) is 11.3 Å². The van der Waals surface area contributed by atoms with Crippen molar-refractivity contribution in [2.75, 3.05) is 6.61 Å². The van der Waals surface area contributed by atoms with E-state index in [1.54, 1.807) is 24.3 Å². The molecule has 0 aromatic heterocycles. The zero-order valence-corrected chi connectivity index (χ0v) is 13.2. The van der Waals surface area contributed by atoms with Crippen LogP contribution in [0.2, 0.25) is 5.02 Å². The minimum absolute atomic E-state index is 0.105. The number of carbonyl (C=O) groups excluding carboxylic acids is 1. The monoisotopic (exact) mass is 316 g/mol. The van der Waals surface area contributed by atoms with E-state index < -0.39 is 0 Å². The molecule has 0 aliphatic carbocycles. The standard InChI is InChI=1S/C17H17ClN2O2/c1-12-3-5-14(6-4-12)13(2)19-20-17(21)11-22-16-9-7-15(18)8-10-16/h3-10H,11H2,1-2H3,(H,20,21)/b19-13+. The molecule has 114 valence electrons. The van der Waals surface area contributed by atoms with Crippen molar-refractivity contribution in [1.29, 1.82) is 0 Å². The molecule has 1 N–H and O–H groups in total. The molecule has 2 aromatic carbocycles. The Morgan fingerprint density at radius 3 is 2.41 bits per heavy atom. The summed E-state index contributed by atoms with van der Waals surface area (Å²) in [6, 6.07) is 14.7. The third-order valence-electron chi connectivity index (χ3n) is 3.00. The molecule has 0 radical (unpaired) electrons. The van der Waals surface area contributed by atoms with Crippen molar-refractivity contribution in [3.05, 3.63) is 64.7 Å². The normalized spacial score (nSPS) is 11.1. The summed E-state index contributed by atoms with van der Waals surface area (Å²) in [6.07, 6.45) is 0. The molecule has 0 aliphatic rings. The fourth-order valence-electron chi connectivity index (χ4n) is 1.72. The largest absolute Gasteiger partial charge is 0.484 e. The van der Waals surface area contributed by atoms with Gasteiger partial charge in [-0.1, -0.05) is 41.4 Å². The molecule has 5 heteroatoms. The SMILES string of the molecule is C/C(=N\NC(=O)COc1ccc(Cl)cc1)c1ccc(C)cc1. The molecule has 0 heterocycles. The number of benzene rings is 2. The molecule has 0 aliphatic heterocycles. The van der Waals surface area contributed by atoms with Crippen molar-refractivity contribution < 1.29 is 9.53 Å². The maximum Gasteiger partial charge on any atom is 0.277 e.